The normalized spacial score (nSPS) is 15.4. The topological polar surface area (TPSA) is 88.7 Å². The number of nitrogens with zero attached hydrogens (tertiary/aromatic N) is 2. The molecule has 1 aromatic carbocycles. The van der Waals surface area contributed by atoms with Crippen LogP contribution in [0.4, 0.5) is 15.9 Å². The maximum Gasteiger partial charge on any atom is 0.343 e. The zero-order valence-corrected chi connectivity index (χ0v) is 14.9. The second-order valence-corrected chi connectivity index (χ2v) is 6.44. The number of benzene rings is 1. The molecule has 1 aliphatic heterocycles. The van der Waals surface area contributed by atoms with Crippen LogP contribution in [0.1, 0.15) is 23.7 Å². The average molecular weight is 362 g/mol. The van der Waals surface area contributed by atoms with E-state index >= 15 is 0 Å². The summed E-state index contributed by atoms with van der Waals surface area (Å²) in [4.78, 5) is 31.1. The highest BCUT2D eigenvalue weighted by Crippen LogP contribution is 2.26. The lowest BCUT2D eigenvalue weighted by atomic mass is 10.1. The molecule has 1 saturated heterocycles. The molecule has 0 aliphatic carbocycles. The molecule has 1 aromatic heterocycles. The standard InChI is InChI=1S/C18H23FN4O3/c1-3-4-22-5-7-23(8-6-22)14-10-13-11(9-12(14)19)16(24)15(18(25)26)17(20-2)21-13/h9-10H,3-8H2,1-2H3,(H,25,26)(H2,20,21,24). The van der Waals surface area contributed by atoms with Gasteiger partial charge in [0.25, 0.3) is 0 Å². The van der Waals surface area contributed by atoms with Crippen molar-refractivity contribution in [1.82, 2.24) is 9.88 Å². The van der Waals surface area contributed by atoms with E-state index in [4.69, 9.17) is 0 Å². The molecule has 1 aliphatic rings. The fourth-order valence-electron chi connectivity index (χ4n) is 3.46. The second kappa shape index (κ2) is 7.33. The van der Waals surface area contributed by atoms with Crippen LogP contribution in [-0.2, 0) is 0 Å². The van der Waals surface area contributed by atoms with Gasteiger partial charge < -0.3 is 20.3 Å². The van der Waals surface area contributed by atoms with E-state index < -0.39 is 22.8 Å². The van der Waals surface area contributed by atoms with E-state index in [1.165, 1.54) is 7.05 Å². The minimum absolute atomic E-state index is 0.0345. The van der Waals surface area contributed by atoms with Gasteiger partial charge in [-0.3, -0.25) is 9.69 Å². The molecule has 7 nitrogen and oxygen atoms in total. The number of halogens is 1. The summed E-state index contributed by atoms with van der Waals surface area (Å²) in [5, 5.41) is 12.0. The van der Waals surface area contributed by atoms with Crippen LogP contribution in [0.5, 0.6) is 0 Å². The van der Waals surface area contributed by atoms with E-state index in [2.05, 4.69) is 22.1 Å². The maximum atomic E-state index is 14.7. The number of piperazine rings is 1. The first-order chi connectivity index (χ1) is 12.5. The Kier molecular flexibility index (Phi) is 5.13. The third-order valence-electron chi connectivity index (χ3n) is 4.79. The number of hydrogen-bond donors (Lipinski definition) is 3. The van der Waals surface area contributed by atoms with Crippen LogP contribution in [-0.4, -0.2) is 60.7 Å². The summed E-state index contributed by atoms with van der Waals surface area (Å²) in [7, 11) is 1.53. The molecular formula is C18H23FN4O3. The van der Waals surface area contributed by atoms with Crippen LogP contribution in [0.3, 0.4) is 0 Å². The van der Waals surface area contributed by atoms with Crippen molar-refractivity contribution < 1.29 is 14.3 Å². The maximum absolute atomic E-state index is 14.7. The Labute approximate surface area is 150 Å². The number of anilines is 2. The molecule has 0 spiro atoms. The molecule has 1 fully saturated rings. The van der Waals surface area contributed by atoms with Gasteiger partial charge in [-0.2, -0.15) is 0 Å². The Hall–Kier alpha value is -2.61. The second-order valence-electron chi connectivity index (χ2n) is 6.44. The Bertz CT molecular complexity index is 888. The highest BCUT2D eigenvalue weighted by Gasteiger charge is 2.22. The van der Waals surface area contributed by atoms with E-state index in [9.17, 15) is 19.1 Å². The summed E-state index contributed by atoms with van der Waals surface area (Å²) < 4.78 is 14.7. The molecule has 26 heavy (non-hydrogen) atoms. The van der Waals surface area contributed by atoms with Gasteiger partial charge in [0.15, 0.2) is 0 Å². The lowest BCUT2D eigenvalue weighted by Crippen LogP contribution is -2.46. The molecule has 0 radical (unpaired) electrons. The van der Waals surface area contributed by atoms with Crippen molar-refractivity contribution in [3.63, 3.8) is 0 Å². The first-order valence-corrected chi connectivity index (χ1v) is 8.74. The van der Waals surface area contributed by atoms with Crippen LogP contribution in [0.2, 0.25) is 0 Å². The number of hydrogen-bond acceptors (Lipinski definition) is 5. The zero-order valence-electron chi connectivity index (χ0n) is 14.9. The molecule has 140 valence electrons. The highest BCUT2D eigenvalue weighted by atomic mass is 19.1. The minimum atomic E-state index is -1.35. The largest absolute Gasteiger partial charge is 0.477 e. The van der Waals surface area contributed by atoms with Crippen molar-refractivity contribution >= 4 is 28.4 Å². The fourth-order valence-corrected chi connectivity index (χ4v) is 3.46. The molecule has 2 aromatic rings. The van der Waals surface area contributed by atoms with Crippen LogP contribution < -0.4 is 15.6 Å². The van der Waals surface area contributed by atoms with E-state index in [0.717, 1.165) is 32.1 Å². The number of carboxylic acid groups (broad SMARTS) is 1. The van der Waals surface area contributed by atoms with Crippen molar-refractivity contribution in [3.8, 4) is 0 Å². The van der Waals surface area contributed by atoms with Crippen molar-refractivity contribution in [3.05, 3.63) is 33.7 Å². The van der Waals surface area contributed by atoms with E-state index in [0.29, 0.717) is 24.3 Å². The number of carbonyl (C=O) groups is 1. The number of carboxylic acids is 1. The summed E-state index contributed by atoms with van der Waals surface area (Å²) in [6, 6.07) is 2.72. The van der Waals surface area contributed by atoms with Crippen LogP contribution >= 0.6 is 0 Å². The Morgan fingerprint density at radius 3 is 2.58 bits per heavy atom. The third kappa shape index (κ3) is 3.24. The predicted molar refractivity (Wildman–Crippen MR) is 100.0 cm³/mol. The number of aromatic amines is 1. The molecule has 0 amide bonds. The number of fused-ring (bicyclic) bond motifs is 1. The van der Waals surface area contributed by atoms with Crippen molar-refractivity contribution in [2.75, 3.05) is 50.0 Å². The summed E-state index contributed by atoms with van der Waals surface area (Å²) in [5.74, 6) is -1.75. The Balaban J connectivity index is 2.02. The van der Waals surface area contributed by atoms with Gasteiger partial charge in [-0.05, 0) is 25.1 Å². The van der Waals surface area contributed by atoms with Gasteiger partial charge >= 0.3 is 5.97 Å². The fraction of sp³-hybridized carbons (Fsp3) is 0.444. The van der Waals surface area contributed by atoms with Gasteiger partial charge in [0.1, 0.15) is 17.2 Å². The summed E-state index contributed by atoms with van der Waals surface area (Å²) in [6.07, 6.45) is 1.09. The van der Waals surface area contributed by atoms with Gasteiger partial charge in [0.2, 0.25) is 5.43 Å². The van der Waals surface area contributed by atoms with E-state index in [1.807, 2.05) is 4.90 Å². The lowest BCUT2D eigenvalue weighted by Gasteiger charge is -2.36. The molecule has 3 N–H and O–H groups in total. The lowest BCUT2D eigenvalue weighted by molar-refractivity contribution is 0.0696. The molecular weight excluding hydrogens is 339 g/mol. The van der Waals surface area contributed by atoms with Gasteiger partial charge in [-0.25, -0.2) is 9.18 Å². The molecule has 0 saturated carbocycles. The number of aromatic nitrogens is 1. The molecule has 2 heterocycles. The van der Waals surface area contributed by atoms with Crippen LogP contribution in [0.25, 0.3) is 10.9 Å². The number of aromatic carboxylic acids is 1. The zero-order chi connectivity index (χ0) is 18.8. The van der Waals surface area contributed by atoms with Crippen molar-refractivity contribution in [2.24, 2.45) is 0 Å². The van der Waals surface area contributed by atoms with Crippen LogP contribution in [0.15, 0.2) is 16.9 Å². The van der Waals surface area contributed by atoms with Crippen molar-refractivity contribution in [1.29, 1.82) is 0 Å². The van der Waals surface area contributed by atoms with Gasteiger partial charge in [-0.1, -0.05) is 6.92 Å². The van der Waals surface area contributed by atoms with E-state index in [-0.39, 0.29) is 11.2 Å². The van der Waals surface area contributed by atoms with Gasteiger partial charge in [0, 0.05) is 38.6 Å². The first kappa shape index (κ1) is 18.2. The number of rotatable bonds is 5. The van der Waals surface area contributed by atoms with Gasteiger partial charge in [-0.15, -0.1) is 0 Å². The Morgan fingerprint density at radius 1 is 1.31 bits per heavy atom. The third-order valence-corrected chi connectivity index (χ3v) is 4.79. The molecule has 8 heteroatoms. The minimum Gasteiger partial charge on any atom is -0.477 e. The molecule has 0 unspecified atom stereocenters. The summed E-state index contributed by atoms with van der Waals surface area (Å²) >= 11 is 0. The molecule has 0 atom stereocenters. The number of nitrogens with one attached hydrogen (secondary N) is 2. The molecule has 0 bridgehead atoms. The monoisotopic (exact) mass is 362 g/mol. The summed E-state index contributed by atoms with van der Waals surface area (Å²) in [6.45, 7) is 6.31. The smallest absolute Gasteiger partial charge is 0.343 e. The highest BCUT2D eigenvalue weighted by molar-refractivity contribution is 5.98. The quantitative estimate of drug-likeness (QED) is 0.753. The predicted octanol–water partition coefficient (Wildman–Crippen LogP) is 1.94. The summed E-state index contributed by atoms with van der Waals surface area (Å²) in [5.41, 5.74) is -0.277. The number of pyridine rings is 1. The van der Waals surface area contributed by atoms with E-state index in [1.54, 1.807) is 6.07 Å². The average Bonchev–Trinajstić information content (AvgIpc) is 2.62. The Morgan fingerprint density at radius 2 is 2.00 bits per heavy atom. The van der Waals surface area contributed by atoms with Crippen molar-refractivity contribution in [2.45, 2.75) is 13.3 Å². The number of H-pyrrole nitrogens is 1. The van der Waals surface area contributed by atoms with Crippen LogP contribution in [0, 0.1) is 5.82 Å². The molecule has 3 rings (SSSR count). The van der Waals surface area contributed by atoms with Gasteiger partial charge in [0.05, 0.1) is 11.2 Å². The SMILES string of the molecule is CCCN1CCN(c2cc3[nH]c(NC)c(C(=O)O)c(=O)c3cc2F)CC1. The first-order valence-electron chi connectivity index (χ1n) is 8.74.